The van der Waals surface area contributed by atoms with Gasteiger partial charge >= 0.3 is 0 Å². The molecule has 8 aromatic carbocycles. The van der Waals surface area contributed by atoms with Crippen molar-refractivity contribution in [1.82, 2.24) is 24.2 Å². The summed E-state index contributed by atoms with van der Waals surface area (Å²) in [6, 6.07) is 75.8. The van der Waals surface area contributed by atoms with E-state index in [0.717, 1.165) is 94.6 Å². The third-order valence-corrected chi connectivity index (χ3v) is 15.4. The number of nitrogens with zero attached hydrogens (tertiary/aromatic N) is 6. The summed E-state index contributed by atoms with van der Waals surface area (Å²) >= 11 is 0. The fourth-order valence-electron chi connectivity index (χ4n) is 10.9. The molecule has 0 amide bonds. The van der Waals surface area contributed by atoms with E-state index in [1.165, 1.54) is 16.7 Å². The molecule has 0 aliphatic rings. The molecular formula is C74H66N6OPt-2. The smallest absolute Gasteiger partial charge is 0.273 e. The van der Waals surface area contributed by atoms with E-state index in [1.807, 2.05) is 27.6 Å². The third-order valence-electron chi connectivity index (χ3n) is 15.4. The van der Waals surface area contributed by atoms with E-state index in [0.29, 0.717) is 23.1 Å². The van der Waals surface area contributed by atoms with Crippen LogP contribution in [0, 0.1) is 32.3 Å². The van der Waals surface area contributed by atoms with Crippen molar-refractivity contribution >= 4 is 21.8 Å². The van der Waals surface area contributed by atoms with Crippen LogP contribution in [0.15, 0.2) is 200 Å². The Morgan fingerprint density at radius 3 is 1.67 bits per heavy atom. The second kappa shape index (κ2) is 21.8. The van der Waals surface area contributed by atoms with E-state index in [-0.39, 0.29) is 37.3 Å². The molecule has 0 aliphatic carbocycles. The molecule has 0 atom stereocenters. The minimum Gasteiger partial charge on any atom is -0.522 e. The molecule has 7 nitrogen and oxygen atoms in total. The number of hydrogen-bond donors (Lipinski definition) is 0. The molecule has 8 heteroatoms. The molecular weight excluding hydrogens is 1180 g/mol. The van der Waals surface area contributed by atoms with Crippen LogP contribution in [-0.2, 0) is 37.3 Å². The van der Waals surface area contributed by atoms with Crippen molar-refractivity contribution in [1.29, 1.82) is 0 Å². The molecule has 0 N–H and O–H groups in total. The van der Waals surface area contributed by atoms with Crippen molar-refractivity contribution in [3.63, 3.8) is 0 Å². The van der Waals surface area contributed by atoms with Gasteiger partial charge in [-0.2, -0.15) is 16.8 Å². The van der Waals surface area contributed by atoms with Gasteiger partial charge in [0.25, 0.3) is 6.33 Å². The summed E-state index contributed by atoms with van der Waals surface area (Å²) in [4.78, 5) is 10.6. The molecule has 0 aliphatic heterocycles. The zero-order chi connectivity index (χ0) is 56.4. The SMILES string of the molecule is Cc1cccc(C)c1-c1cc(Oc2[c-]c3c(cc2)c2cc(-c4ccccc4)ccc2n3-c2cc(C(C)(C)C)ccn2)[c-]c(-n2[c-][n+](-c3c(-c4ccccc4)cccc3-c3ccccc3)nc2-c2cc(C(C)(C)C)cc(C(C)(C)C)c2)n1.[Pt]. The monoisotopic (exact) mass is 1250 g/mol. The molecule has 4 aromatic heterocycles. The summed E-state index contributed by atoms with van der Waals surface area (Å²) in [7, 11) is 0. The first-order valence-corrected chi connectivity index (χ1v) is 27.9. The number of hydrogen-bond acceptors (Lipinski definition) is 4. The van der Waals surface area contributed by atoms with E-state index in [2.05, 4.69) is 281 Å². The number of benzene rings is 8. The Morgan fingerprint density at radius 2 is 1.07 bits per heavy atom. The molecule has 4 heterocycles. The van der Waals surface area contributed by atoms with Crippen LogP contribution in [0.25, 0.3) is 95.2 Å². The zero-order valence-electron chi connectivity index (χ0n) is 48.5. The van der Waals surface area contributed by atoms with Crippen molar-refractivity contribution < 1.29 is 30.5 Å². The van der Waals surface area contributed by atoms with E-state index in [4.69, 9.17) is 19.8 Å². The molecule has 12 rings (SSSR count). The molecule has 0 radical (unpaired) electrons. The van der Waals surface area contributed by atoms with Crippen molar-refractivity contribution in [2.45, 2.75) is 92.4 Å². The number of pyridine rings is 2. The number of para-hydroxylation sites is 1. The first kappa shape index (κ1) is 55.4. The van der Waals surface area contributed by atoms with Crippen LogP contribution >= 0.6 is 0 Å². The largest absolute Gasteiger partial charge is 0.522 e. The Bertz CT molecular complexity index is 4220. The van der Waals surface area contributed by atoms with Gasteiger partial charge in [0.15, 0.2) is 5.82 Å². The molecule has 0 saturated carbocycles. The summed E-state index contributed by atoms with van der Waals surface area (Å²) in [5.41, 5.74) is 17.2. The van der Waals surface area contributed by atoms with Crippen LogP contribution in [0.1, 0.15) is 90.1 Å². The normalized spacial score (nSPS) is 12.0. The molecule has 0 saturated heterocycles. The zero-order valence-corrected chi connectivity index (χ0v) is 50.7. The van der Waals surface area contributed by atoms with Gasteiger partial charge in [0.05, 0.1) is 11.5 Å². The predicted molar refractivity (Wildman–Crippen MR) is 331 cm³/mol. The van der Waals surface area contributed by atoms with Crippen LogP contribution < -0.4 is 9.42 Å². The van der Waals surface area contributed by atoms with Crippen molar-refractivity contribution in [2.24, 2.45) is 0 Å². The number of fused-ring (bicyclic) bond motifs is 3. The summed E-state index contributed by atoms with van der Waals surface area (Å²) < 4.78 is 13.2. The average Bonchev–Trinajstić information content (AvgIpc) is 4.15. The number of aryl methyl sites for hydroxylation is 2. The molecule has 82 heavy (non-hydrogen) atoms. The summed E-state index contributed by atoms with van der Waals surface area (Å²) in [5, 5.41) is 7.78. The van der Waals surface area contributed by atoms with Crippen molar-refractivity contribution in [3.8, 4) is 84.8 Å². The number of rotatable bonds is 10. The van der Waals surface area contributed by atoms with Gasteiger partial charge in [0.2, 0.25) is 0 Å². The van der Waals surface area contributed by atoms with Gasteiger partial charge < -0.3 is 9.30 Å². The predicted octanol–water partition coefficient (Wildman–Crippen LogP) is 18.1. The second-order valence-electron chi connectivity index (χ2n) is 24.4. The van der Waals surface area contributed by atoms with Crippen molar-refractivity contribution in [3.05, 3.63) is 247 Å². The van der Waals surface area contributed by atoms with Crippen LogP contribution in [0.2, 0.25) is 0 Å². The number of aromatic nitrogens is 6. The Morgan fingerprint density at radius 1 is 0.488 bits per heavy atom. The van der Waals surface area contributed by atoms with Gasteiger partial charge in [0, 0.05) is 44.1 Å². The topological polar surface area (TPSA) is 61.6 Å². The van der Waals surface area contributed by atoms with E-state index in [1.54, 1.807) is 0 Å². The van der Waals surface area contributed by atoms with Crippen molar-refractivity contribution in [2.75, 3.05) is 0 Å². The van der Waals surface area contributed by atoms with E-state index < -0.39 is 0 Å². The maximum absolute atomic E-state index is 7.13. The molecule has 410 valence electrons. The van der Waals surface area contributed by atoms with Crippen LogP contribution in [0.5, 0.6) is 11.5 Å². The Kier molecular flexibility index (Phi) is 14.7. The molecule has 0 bridgehead atoms. The van der Waals surface area contributed by atoms with Gasteiger partial charge in [-0.1, -0.05) is 226 Å². The summed E-state index contributed by atoms with van der Waals surface area (Å²) in [6.45, 7) is 24.6. The van der Waals surface area contributed by atoms with Crippen LogP contribution in [0.4, 0.5) is 0 Å². The molecule has 0 spiro atoms. The summed E-state index contributed by atoms with van der Waals surface area (Å²) in [6.07, 6.45) is 5.71. The first-order valence-electron chi connectivity index (χ1n) is 27.9. The fourth-order valence-corrected chi connectivity index (χ4v) is 10.9. The minimum atomic E-state index is -0.167. The van der Waals surface area contributed by atoms with Gasteiger partial charge in [-0.05, 0) is 132 Å². The van der Waals surface area contributed by atoms with Crippen LogP contribution in [0.3, 0.4) is 0 Å². The van der Waals surface area contributed by atoms with E-state index in [9.17, 15) is 0 Å². The van der Waals surface area contributed by atoms with Crippen LogP contribution in [-0.4, -0.2) is 24.2 Å². The molecule has 0 unspecified atom stereocenters. The summed E-state index contributed by atoms with van der Waals surface area (Å²) in [5.74, 6) is 2.91. The standard InChI is InChI=1S/C74H66N6O.Pt/c1-48-23-21-24-49(2)69(48)64-44-59(81-58-34-35-62-63-41-53(50-25-15-12-16-26-50)33-36-65(63)80(66(62)45-58)67-43-55(37-38-75-67)72(3,4)5)46-68(76-64)78-47-79(77-71(78)54-39-56(73(6,7)8)42-57(40-54)74(9,10)11)70-60(51-27-17-13-18-28-51)31-22-32-61(70)52-29-19-14-20-30-52;/h12-44H,1-11H3;/q-2;. The number of ether oxygens (including phenoxy) is 1. The van der Waals surface area contributed by atoms with E-state index >= 15 is 0 Å². The maximum atomic E-state index is 7.13. The maximum Gasteiger partial charge on any atom is 0.273 e. The Balaban J connectivity index is 0.00000705. The van der Waals surface area contributed by atoms with Gasteiger partial charge in [-0.15, -0.1) is 28.7 Å². The quantitative estimate of drug-likeness (QED) is 0.101. The Labute approximate surface area is 497 Å². The Hall–Kier alpha value is -8.51. The fraction of sp³-hybridized carbons (Fsp3) is 0.189. The minimum absolute atomic E-state index is 0. The van der Waals surface area contributed by atoms with Gasteiger partial charge in [0.1, 0.15) is 5.82 Å². The first-order chi connectivity index (χ1) is 38.9. The third kappa shape index (κ3) is 10.8. The van der Waals surface area contributed by atoms with Gasteiger partial charge in [-0.25, -0.2) is 4.98 Å². The second-order valence-corrected chi connectivity index (χ2v) is 24.4. The average molecular weight is 1250 g/mol. The molecule has 0 fully saturated rings. The molecule has 12 aromatic rings. The van der Waals surface area contributed by atoms with Gasteiger partial charge in [-0.3, -0.25) is 9.55 Å².